The summed E-state index contributed by atoms with van der Waals surface area (Å²) in [5.41, 5.74) is 18.5. The van der Waals surface area contributed by atoms with E-state index in [0.29, 0.717) is 13.1 Å². The Labute approximate surface area is 136 Å². The molecule has 0 saturated heterocycles. The molecule has 3 rings (SSSR count). The first-order valence-electron chi connectivity index (χ1n) is 7.81. The van der Waals surface area contributed by atoms with E-state index in [1.54, 1.807) is 0 Å². The molecule has 0 aliphatic carbocycles. The smallest absolute Gasteiger partial charge is 0.0708 e. The van der Waals surface area contributed by atoms with Gasteiger partial charge >= 0.3 is 0 Å². The second-order valence-corrected chi connectivity index (χ2v) is 5.64. The maximum atomic E-state index is 5.87. The molecule has 0 fully saturated rings. The van der Waals surface area contributed by atoms with Crippen LogP contribution in [-0.4, -0.2) is 12.0 Å². The van der Waals surface area contributed by atoms with Crippen molar-refractivity contribution in [2.24, 2.45) is 11.5 Å². The fourth-order valence-electron chi connectivity index (χ4n) is 2.88. The Bertz CT molecular complexity index is 809. The molecule has 0 spiro atoms. The first-order chi connectivity index (χ1) is 11.2. The Kier molecular flexibility index (Phi) is 4.55. The van der Waals surface area contributed by atoms with Gasteiger partial charge in [-0.3, -0.25) is 4.98 Å². The molecular formula is C19H22N4. The third kappa shape index (κ3) is 3.18. The summed E-state index contributed by atoms with van der Waals surface area (Å²) in [6.07, 6.45) is 2.73. The van der Waals surface area contributed by atoms with Gasteiger partial charge in [-0.05, 0) is 59.0 Å². The fraction of sp³-hybridized carbons (Fsp3) is 0.211. The molecule has 1 heterocycles. The fourth-order valence-corrected chi connectivity index (χ4v) is 2.88. The summed E-state index contributed by atoms with van der Waals surface area (Å²) in [6, 6.07) is 14.8. The summed E-state index contributed by atoms with van der Waals surface area (Å²) in [5, 5.41) is 4.30. The van der Waals surface area contributed by atoms with Crippen LogP contribution in [0, 0.1) is 0 Å². The number of hydrogen-bond donors (Lipinski definition) is 3. The van der Waals surface area contributed by atoms with E-state index in [0.717, 1.165) is 34.1 Å². The molecule has 2 aromatic carbocycles. The monoisotopic (exact) mass is 306 g/mol. The molecule has 0 bridgehead atoms. The molecule has 0 aliphatic heterocycles. The van der Waals surface area contributed by atoms with Gasteiger partial charge in [0.25, 0.3) is 0 Å². The molecule has 5 N–H and O–H groups in total. The molecule has 0 saturated carbocycles. The van der Waals surface area contributed by atoms with E-state index in [1.165, 1.54) is 11.1 Å². The third-order valence-corrected chi connectivity index (χ3v) is 4.23. The van der Waals surface area contributed by atoms with Crippen molar-refractivity contribution in [2.45, 2.75) is 19.5 Å². The quantitative estimate of drug-likeness (QED) is 0.677. The van der Waals surface area contributed by atoms with Gasteiger partial charge in [-0.1, -0.05) is 12.1 Å². The highest BCUT2D eigenvalue weighted by atomic mass is 14.8. The summed E-state index contributed by atoms with van der Waals surface area (Å²) in [6.45, 7) is 0.980. The number of nitrogens with two attached hydrogens (primary N) is 2. The van der Waals surface area contributed by atoms with Crippen molar-refractivity contribution in [2.75, 3.05) is 12.4 Å². The molecule has 0 radical (unpaired) electrons. The number of benzene rings is 2. The highest BCUT2D eigenvalue weighted by molar-refractivity contribution is 5.84. The van der Waals surface area contributed by atoms with Crippen LogP contribution in [0.15, 0.2) is 48.7 Å². The maximum absolute atomic E-state index is 5.87. The van der Waals surface area contributed by atoms with Gasteiger partial charge in [-0.2, -0.15) is 0 Å². The van der Waals surface area contributed by atoms with Gasteiger partial charge < -0.3 is 16.8 Å². The summed E-state index contributed by atoms with van der Waals surface area (Å²) in [5.74, 6) is 0. The number of aromatic nitrogens is 1. The van der Waals surface area contributed by atoms with Crippen LogP contribution in [0.3, 0.4) is 0 Å². The minimum Gasteiger partial charge on any atom is -0.388 e. The van der Waals surface area contributed by atoms with Gasteiger partial charge in [0.2, 0.25) is 0 Å². The van der Waals surface area contributed by atoms with Crippen molar-refractivity contribution >= 4 is 16.6 Å². The first-order valence-corrected chi connectivity index (χ1v) is 7.81. The van der Waals surface area contributed by atoms with Crippen molar-refractivity contribution in [3.05, 3.63) is 70.9 Å². The molecule has 4 heteroatoms. The van der Waals surface area contributed by atoms with Crippen molar-refractivity contribution < 1.29 is 0 Å². The van der Waals surface area contributed by atoms with E-state index < -0.39 is 0 Å². The van der Waals surface area contributed by atoms with Gasteiger partial charge in [0.15, 0.2) is 0 Å². The Balaban J connectivity index is 2.02. The molecule has 3 aromatic rings. The van der Waals surface area contributed by atoms with Crippen LogP contribution in [0.4, 0.5) is 5.69 Å². The van der Waals surface area contributed by atoms with Crippen molar-refractivity contribution in [3.63, 3.8) is 0 Å². The lowest BCUT2D eigenvalue weighted by Gasteiger charge is -2.11. The number of anilines is 1. The second-order valence-electron chi connectivity index (χ2n) is 5.64. The lowest BCUT2D eigenvalue weighted by Crippen LogP contribution is -2.06. The van der Waals surface area contributed by atoms with E-state index in [9.17, 15) is 0 Å². The van der Waals surface area contributed by atoms with Crippen molar-refractivity contribution in [1.82, 2.24) is 4.98 Å². The molecule has 0 amide bonds. The van der Waals surface area contributed by atoms with Gasteiger partial charge in [0.05, 0.1) is 5.52 Å². The molecule has 1 aromatic heterocycles. The highest BCUT2D eigenvalue weighted by Crippen LogP contribution is 2.24. The summed E-state index contributed by atoms with van der Waals surface area (Å²) < 4.78 is 0. The zero-order valence-corrected chi connectivity index (χ0v) is 13.3. The predicted octanol–water partition coefficient (Wildman–Crippen LogP) is 2.78. The van der Waals surface area contributed by atoms with E-state index >= 15 is 0 Å². The number of rotatable bonds is 5. The molecule has 0 unspecified atom stereocenters. The SMILES string of the molecule is CNc1ccc(Cc2ccnc3cc(CN)c(CN)cc23)cc1. The van der Waals surface area contributed by atoms with Crippen LogP contribution in [0.1, 0.15) is 22.3 Å². The average Bonchev–Trinajstić information content (AvgIpc) is 2.61. The third-order valence-electron chi connectivity index (χ3n) is 4.23. The summed E-state index contributed by atoms with van der Waals surface area (Å²) in [4.78, 5) is 4.49. The van der Waals surface area contributed by atoms with Gasteiger partial charge in [-0.25, -0.2) is 0 Å². The largest absolute Gasteiger partial charge is 0.388 e. The van der Waals surface area contributed by atoms with Crippen molar-refractivity contribution in [1.29, 1.82) is 0 Å². The molecule has 4 nitrogen and oxygen atoms in total. The summed E-state index contributed by atoms with van der Waals surface area (Å²) in [7, 11) is 1.93. The van der Waals surface area contributed by atoms with Gasteiger partial charge in [0, 0.05) is 37.4 Å². The Hall–Kier alpha value is -2.43. The topological polar surface area (TPSA) is 77.0 Å². The number of hydrogen-bond acceptors (Lipinski definition) is 4. The van der Waals surface area contributed by atoms with Crippen LogP contribution in [0.2, 0.25) is 0 Å². The van der Waals surface area contributed by atoms with Crippen LogP contribution in [0.5, 0.6) is 0 Å². The van der Waals surface area contributed by atoms with Gasteiger partial charge in [0.1, 0.15) is 0 Å². The standard InChI is InChI=1S/C19H22N4/c1-22-17-4-2-13(3-5-17)8-14-6-7-23-19-10-16(12-21)15(11-20)9-18(14)19/h2-7,9-10,22H,8,11-12,20-21H2,1H3. The molecular weight excluding hydrogens is 284 g/mol. The van der Waals surface area contributed by atoms with Crippen LogP contribution in [0.25, 0.3) is 10.9 Å². The lowest BCUT2D eigenvalue weighted by atomic mass is 9.97. The molecule has 118 valence electrons. The first kappa shape index (κ1) is 15.5. The second kappa shape index (κ2) is 6.77. The number of nitrogens with one attached hydrogen (secondary N) is 1. The minimum absolute atomic E-state index is 0.486. The Morgan fingerprint density at radius 1 is 0.913 bits per heavy atom. The number of nitrogens with zero attached hydrogens (tertiary/aromatic N) is 1. The van der Waals surface area contributed by atoms with Crippen LogP contribution in [-0.2, 0) is 19.5 Å². The van der Waals surface area contributed by atoms with E-state index in [4.69, 9.17) is 11.5 Å². The maximum Gasteiger partial charge on any atom is 0.0708 e. The Morgan fingerprint density at radius 3 is 2.26 bits per heavy atom. The van der Waals surface area contributed by atoms with Crippen molar-refractivity contribution in [3.8, 4) is 0 Å². The zero-order chi connectivity index (χ0) is 16.2. The van der Waals surface area contributed by atoms with Crippen LogP contribution >= 0.6 is 0 Å². The normalized spacial score (nSPS) is 10.9. The highest BCUT2D eigenvalue weighted by Gasteiger charge is 2.08. The number of fused-ring (bicyclic) bond motifs is 1. The molecule has 0 aliphatic rings. The zero-order valence-electron chi connectivity index (χ0n) is 13.3. The van der Waals surface area contributed by atoms with E-state index in [1.807, 2.05) is 13.2 Å². The lowest BCUT2D eigenvalue weighted by molar-refractivity contribution is 0.982. The van der Waals surface area contributed by atoms with Crippen LogP contribution < -0.4 is 16.8 Å². The summed E-state index contributed by atoms with van der Waals surface area (Å²) >= 11 is 0. The Morgan fingerprint density at radius 2 is 1.61 bits per heavy atom. The van der Waals surface area contributed by atoms with E-state index in [2.05, 4.69) is 52.8 Å². The number of pyridine rings is 1. The van der Waals surface area contributed by atoms with E-state index in [-0.39, 0.29) is 0 Å². The molecule has 23 heavy (non-hydrogen) atoms. The average molecular weight is 306 g/mol. The minimum atomic E-state index is 0.486. The predicted molar refractivity (Wildman–Crippen MR) is 96.3 cm³/mol. The van der Waals surface area contributed by atoms with Gasteiger partial charge in [-0.15, -0.1) is 0 Å². The molecule has 0 atom stereocenters.